The second-order valence-electron chi connectivity index (χ2n) is 8.22. The summed E-state index contributed by atoms with van der Waals surface area (Å²) >= 11 is 0. The normalized spacial score (nSPS) is 15.3. The molecule has 0 saturated carbocycles. The van der Waals surface area contributed by atoms with E-state index in [2.05, 4.69) is 20.6 Å². The lowest BCUT2D eigenvalue weighted by atomic mass is 10.1. The van der Waals surface area contributed by atoms with Crippen LogP contribution in [0.3, 0.4) is 0 Å². The van der Waals surface area contributed by atoms with Gasteiger partial charge in [-0.2, -0.15) is 0 Å². The van der Waals surface area contributed by atoms with Crippen LogP contribution in [0.25, 0.3) is 11.5 Å². The molecule has 1 unspecified atom stereocenters. The maximum atomic E-state index is 12.6. The maximum absolute atomic E-state index is 12.6. The molecular weight excluding hydrogens is 450 g/mol. The minimum Gasteiger partial charge on any atom is -0.441 e. The number of carbonyl (C=O) groups is 3. The van der Waals surface area contributed by atoms with E-state index in [1.54, 1.807) is 61.5 Å². The van der Waals surface area contributed by atoms with Crippen molar-refractivity contribution in [2.75, 3.05) is 32.1 Å². The molecule has 0 aliphatic carbocycles. The van der Waals surface area contributed by atoms with Gasteiger partial charge in [0.1, 0.15) is 17.1 Å². The van der Waals surface area contributed by atoms with E-state index in [4.69, 9.17) is 9.15 Å². The molecule has 10 heteroatoms. The zero-order chi connectivity index (χ0) is 24.8. The van der Waals surface area contributed by atoms with Crippen LogP contribution in [0.4, 0.5) is 5.69 Å². The van der Waals surface area contributed by atoms with Gasteiger partial charge in [0.2, 0.25) is 17.7 Å². The molecule has 0 spiro atoms. The van der Waals surface area contributed by atoms with Crippen molar-refractivity contribution in [2.24, 2.45) is 5.92 Å². The number of carbonyl (C=O) groups excluding carboxylic acids is 3. The molecule has 3 amide bonds. The monoisotopic (exact) mass is 477 g/mol. The molecule has 2 N–H and O–H groups in total. The topological polar surface area (TPSA) is 127 Å². The van der Waals surface area contributed by atoms with E-state index >= 15 is 0 Å². The molecule has 1 aliphatic heterocycles. The van der Waals surface area contributed by atoms with Crippen LogP contribution in [-0.4, -0.2) is 59.4 Å². The Morgan fingerprint density at radius 3 is 2.86 bits per heavy atom. The number of nitrogens with one attached hydrogen (secondary N) is 2. The van der Waals surface area contributed by atoms with Crippen LogP contribution in [0.5, 0.6) is 0 Å². The molecule has 35 heavy (non-hydrogen) atoms. The number of benzene rings is 1. The number of anilines is 1. The largest absolute Gasteiger partial charge is 0.441 e. The third-order valence-electron chi connectivity index (χ3n) is 5.74. The van der Waals surface area contributed by atoms with E-state index in [0.29, 0.717) is 54.0 Å². The Morgan fingerprint density at radius 2 is 2.09 bits per heavy atom. The van der Waals surface area contributed by atoms with Crippen LogP contribution in [0.1, 0.15) is 28.4 Å². The van der Waals surface area contributed by atoms with Gasteiger partial charge in [0.05, 0.1) is 19.1 Å². The summed E-state index contributed by atoms with van der Waals surface area (Å²) in [4.78, 5) is 47.3. The van der Waals surface area contributed by atoms with Gasteiger partial charge >= 0.3 is 0 Å². The Bertz CT molecular complexity index is 1210. The molecule has 3 heterocycles. The lowest BCUT2D eigenvalue weighted by Crippen LogP contribution is -2.33. The minimum atomic E-state index is -0.398. The number of pyridine rings is 1. The lowest BCUT2D eigenvalue weighted by molar-refractivity contribution is -0.129. The number of oxazole rings is 1. The molecule has 10 nitrogen and oxygen atoms in total. The second-order valence-corrected chi connectivity index (χ2v) is 8.22. The predicted octanol–water partition coefficient (Wildman–Crippen LogP) is 2.41. The predicted molar refractivity (Wildman–Crippen MR) is 127 cm³/mol. The van der Waals surface area contributed by atoms with Crippen molar-refractivity contribution in [3.8, 4) is 11.5 Å². The molecule has 0 bridgehead atoms. The molecule has 1 aliphatic rings. The number of nitrogens with zero attached hydrogens (tertiary/aromatic N) is 3. The smallest absolute Gasteiger partial charge is 0.274 e. The van der Waals surface area contributed by atoms with Gasteiger partial charge in [-0.05, 0) is 37.3 Å². The zero-order valence-corrected chi connectivity index (χ0v) is 19.6. The standard InChI is InChI=1S/C25H27N5O5/c1-16-21(14-27-23(32)18-13-22(31)30(15-18)10-11-34-2)29-25(35-16)17-6-5-7-19(12-17)28-24(33)20-8-3-4-9-26-20/h3-9,12,18H,10-11,13-15H2,1-2H3,(H,27,32)(H,28,33). The van der Waals surface area contributed by atoms with Crippen molar-refractivity contribution in [1.82, 2.24) is 20.2 Å². The fourth-order valence-electron chi connectivity index (χ4n) is 3.82. The summed E-state index contributed by atoms with van der Waals surface area (Å²) < 4.78 is 10.8. The van der Waals surface area contributed by atoms with E-state index in [-0.39, 0.29) is 30.7 Å². The molecule has 1 atom stereocenters. The zero-order valence-electron chi connectivity index (χ0n) is 19.6. The number of aromatic nitrogens is 2. The highest BCUT2D eigenvalue weighted by atomic mass is 16.5. The first kappa shape index (κ1) is 24.1. The summed E-state index contributed by atoms with van der Waals surface area (Å²) in [5.41, 5.74) is 2.16. The summed E-state index contributed by atoms with van der Waals surface area (Å²) in [5, 5.41) is 5.68. The molecule has 4 rings (SSSR count). The van der Waals surface area contributed by atoms with Crippen molar-refractivity contribution in [1.29, 1.82) is 0 Å². The van der Waals surface area contributed by atoms with Crippen molar-refractivity contribution in [3.63, 3.8) is 0 Å². The van der Waals surface area contributed by atoms with E-state index in [1.807, 2.05) is 6.07 Å². The highest BCUT2D eigenvalue weighted by molar-refractivity contribution is 6.03. The number of ether oxygens (including phenoxy) is 1. The Balaban J connectivity index is 1.37. The van der Waals surface area contributed by atoms with Gasteiger partial charge < -0.3 is 24.7 Å². The second kappa shape index (κ2) is 10.9. The number of methoxy groups -OCH3 is 1. The molecule has 2 aromatic heterocycles. The average Bonchev–Trinajstić information content (AvgIpc) is 3.44. The third-order valence-corrected chi connectivity index (χ3v) is 5.74. The highest BCUT2D eigenvalue weighted by Gasteiger charge is 2.34. The summed E-state index contributed by atoms with van der Waals surface area (Å²) in [6.45, 7) is 3.26. The number of hydrogen-bond acceptors (Lipinski definition) is 7. The van der Waals surface area contributed by atoms with Crippen molar-refractivity contribution < 1.29 is 23.5 Å². The van der Waals surface area contributed by atoms with Crippen molar-refractivity contribution >= 4 is 23.4 Å². The van der Waals surface area contributed by atoms with Gasteiger partial charge in [-0.25, -0.2) is 4.98 Å². The Morgan fingerprint density at radius 1 is 1.23 bits per heavy atom. The fourth-order valence-corrected chi connectivity index (χ4v) is 3.82. The van der Waals surface area contributed by atoms with Gasteiger partial charge in [0.15, 0.2) is 0 Å². The summed E-state index contributed by atoms with van der Waals surface area (Å²) in [6, 6.07) is 12.3. The van der Waals surface area contributed by atoms with Crippen molar-refractivity contribution in [3.05, 3.63) is 65.8 Å². The first-order chi connectivity index (χ1) is 16.9. The average molecular weight is 478 g/mol. The summed E-state index contributed by atoms with van der Waals surface area (Å²) in [7, 11) is 1.58. The van der Waals surface area contributed by atoms with Crippen LogP contribution in [-0.2, 0) is 20.9 Å². The Hall–Kier alpha value is -4.05. The Labute approximate surface area is 202 Å². The van der Waals surface area contributed by atoms with Crippen LogP contribution >= 0.6 is 0 Å². The molecular formula is C25H27N5O5. The number of rotatable bonds is 9. The van der Waals surface area contributed by atoms with Gasteiger partial charge in [-0.3, -0.25) is 19.4 Å². The van der Waals surface area contributed by atoms with E-state index in [1.165, 1.54) is 0 Å². The fraction of sp³-hybridized carbons (Fsp3) is 0.320. The Kier molecular flexibility index (Phi) is 7.51. The van der Waals surface area contributed by atoms with Gasteiger partial charge in [-0.1, -0.05) is 12.1 Å². The molecule has 0 radical (unpaired) electrons. The highest BCUT2D eigenvalue weighted by Crippen LogP contribution is 2.25. The van der Waals surface area contributed by atoms with Crippen LogP contribution < -0.4 is 10.6 Å². The van der Waals surface area contributed by atoms with Crippen LogP contribution in [0.15, 0.2) is 53.1 Å². The first-order valence-corrected chi connectivity index (χ1v) is 11.3. The lowest BCUT2D eigenvalue weighted by Gasteiger charge is -2.15. The third kappa shape index (κ3) is 5.90. The maximum Gasteiger partial charge on any atom is 0.274 e. The van der Waals surface area contributed by atoms with Gasteiger partial charge in [-0.15, -0.1) is 0 Å². The number of amides is 3. The van der Waals surface area contributed by atoms with E-state index < -0.39 is 5.92 Å². The number of likely N-dealkylation sites (tertiary alicyclic amines) is 1. The molecule has 1 aromatic carbocycles. The number of hydrogen-bond donors (Lipinski definition) is 2. The van der Waals surface area contributed by atoms with E-state index in [0.717, 1.165) is 0 Å². The van der Waals surface area contributed by atoms with E-state index in [9.17, 15) is 14.4 Å². The van der Waals surface area contributed by atoms with Gasteiger partial charge in [0.25, 0.3) is 5.91 Å². The minimum absolute atomic E-state index is 0.0443. The molecule has 1 saturated heterocycles. The molecule has 3 aromatic rings. The number of aryl methyl sites for hydroxylation is 1. The SMILES string of the molecule is COCCN1CC(C(=O)NCc2nc(-c3cccc(NC(=O)c4ccccn4)c3)oc2C)CC1=O. The van der Waals surface area contributed by atoms with Crippen LogP contribution in [0.2, 0.25) is 0 Å². The quantitative estimate of drug-likeness (QED) is 0.485. The molecule has 1 fully saturated rings. The summed E-state index contributed by atoms with van der Waals surface area (Å²) in [6.07, 6.45) is 1.75. The molecule has 182 valence electrons. The van der Waals surface area contributed by atoms with Crippen LogP contribution in [0, 0.1) is 12.8 Å². The van der Waals surface area contributed by atoms with Crippen molar-refractivity contribution in [2.45, 2.75) is 19.9 Å². The van der Waals surface area contributed by atoms with Gasteiger partial charge in [0, 0.05) is 44.1 Å². The first-order valence-electron chi connectivity index (χ1n) is 11.3. The summed E-state index contributed by atoms with van der Waals surface area (Å²) in [5.74, 6) is -0.000158.